The molecule has 4 aromatic rings. The molecule has 1 N–H and O–H groups in total. The van der Waals surface area contributed by atoms with Crippen molar-refractivity contribution in [2.24, 2.45) is 0 Å². The van der Waals surface area contributed by atoms with E-state index in [1.807, 2.05) is 34.5 Å². The number of H-pyrrole nitrogens is 1. The molecule has 4 aromatic heterocycles. The minimum Gasteiger partial charge on any atom is -0.325 e. The number of rotatable bonds is 2. The van der Waals surface area contributed by atoms with Crippen LogP contribution in [0, 0.1) is 6.92 Å². The zero-order valence-electron chi connectivity index (χ0n) is 11.6. The van der Waals surface area contributed by atoms with Gasteiger partial charge in [0.25, 0.3) is 12.0 Å². The normalized spacial score (nSPS) is 11.6. The minimum atomic E-state index is 0.455. The highest BCUT2D eigenvalue weighted by molar-refractivity contribution is 6.34. The van der Waals surface area contributed by atoms with Crippen molar-refractivity contribution in [2.75, 3.05) is 0 Å². The quantitative estimate of drug-likeness (QED) is 0.453. The van der Waals surface area contributed by atoms with E-state index in [0.29, 0.717) is 17.0 Å². The Morgan fingerprint density at radius 3 is 3.00 bits per heavy atom. The van der Waals surface area contributed by atoms with Crippen LogP contribution in [0.2, 0.25) is 10.3 Å². The first-order valence-electron chi connectivity index (χ1n) is 6.62. The van der Waals surface area contributed by atoms with Crippen LogP contribution in [0.25, 0.3) is 22.1 Å². The van der Waals surface area contributed by atoms with Gasteiger partial charge >= 0.3 is 0 Å². The van der Waals surface area contributed by atoms with Crippen molar-refractivity contribution < 1.29 is 4.57 Å². The van der Waals surface area contributed by atoms with E-state index in [4.69, 9.17) is 23.2 Å². The van der Waals surface area contributed by atoms with E-state index in [1.54, 1.807) is 6.33 Å². The third-order valence-electron chi connectivity index (χ3n) is 3.63. The second-order valence-corrected chi connectivity index (χ2v) is 5.75. The van der Waals surface area contributed by atoms with Gasteiger partial charge in [0.1, 0.15) is 22.5 Å². The van der Waals surface area contributed by atoms with Crippen molar-refractivity contribution in [3.63, 3.8) is 0 Å². The van der Waals surface area contributed by atoms with Crippen LogP contribution >= 0.6 is 23.2 Å². The molecule has 0 spiro atoms. The summed E-state index contributed by atoms with van der Waals surface area (Å²) in [5, 5.41) is 2.81. The van der Waals surface area contributed by atoms with Gasteiger partial charge in [0.15, 0.2) is 6.67 Å². The summed E-state index contributed by atoms with van der Waals surface area (Å²) >= 11 is 12.6. The zero-order chi connectivity index (χ0) is 15.3. The molecule has 8 heteroatoms. The molecule has 0 unspecified atom stereocenters. The summed E-state index contributed by atoms with van der Waals surface area (Å²) in [6, 6.07) is 1.90. The average molecular weight is 334 g/mol. The van der Waals surface area contributed by atoms with E-state index in [-0.39, 0.29) is 0 Å². The Morgan fingerprint density at radius 2 is 2.14 bits per heavy atom. The summed E-state index contributed by atoms with van der Waals surface area (Å²) in [5.74, 6) is 0. The van der Waals surface area contributed by atoms with E-state index in [9.17, 15) is 0 Å². The first kappa shape index (κ1) is 13.5. The molecule has 0 saturated carbocycles. The first-order valence-corrected chi connectivity index (χ1v) is 7.37. The maximum atomic E-state index is 6.45. The van der Waals surface area contributed by atoms with Gasteiger partial charge in [-0.2, -0.15) is 0 Å². The van der Waals surface area contributed by atoms with Crippen molar-refractivity contribution in [2.45, 2.75) is 13.6 Å². The topological polar surface area (TPSA) is 63.3 Å². The maximum absolute atomic E-state index is 6.45. The summed E-state index contributed by atoms with van der Waals surface area (Å²) < 4.78 is 3.83. The molecule has 6 nitrogen and oxygen atoms in total. The fourth-order valence-corrected chi connectivity index (χ4v) is 3.14. The van der Waals surface area contributed by atoms with Gasteiger partial charge in [0, 0.05) is 12.4 Å². The molecular weight excluding hydrogens is 323 g/mol. The predicted octanol–water partition coefficient (Wildman–Crippen LogP) is 2.72. The summed E-state index contributed by atoms with van der Waals surface area (Å²) in [7, 11) is 0. The molecule has 0 amide bonds. The van der Waals surface area contributed by atoms with E-state index < -0.39 is 0 Å². The summed E-state index contributed by atoms with van der Waals surface area (Å²) in [6.45, 7) is 2.47. The third kappa shape index (κ3) is 1.95. The zero-order valence-corrected chi connectivity index (χ0v) is 13.1. The van der Waals surface area contributed by atoms with Gasteiger partial charge in [0.2, 0.25) is 5.15 Å². The van der Waals surface area contributed by atoms with Crippen LogP contribution in [0.5, 0.6) is 0 Å². The number of fused-ring (bicyclic) bond motifs is 2. The lowest BCUT2D eigenvalue weighted by Gasteiger charge is -2.04. The lowest BCUT2D eigenvalue weighted by atomic mass is 10.3. The molecule has 0 aliphatic heterocycles. The number of halogens is 2. The maximum Gasteiger partial charge on any atom is 0.291 e. The number of hydrogen-bond acceptors (Lipinski definition) is 3. The molecule has 0 radical (unpaired) electrons. The molecule has 4 heterocycles. The minimum absolute atomic E-state index is 0.455. The molecular formula is C14H11Cl2N6+. The fourth-order valence-electron chi connectivity index (χ4n) is 2.61. The summed E-state index contributed by atoms with van der Waals surface area (Å²) in [5.41, 5.74) is 2.56. The van der Waals surface area contributed by atoms with E-state index >= 15 is 0 Å². The average Bonchev–Trinajstić information content (AvgIpc) is 3.09. The van der Waals surface area contributed by atoms with Gasteiger partial charge < -0.3 is 4.98 Å². The van der Waals surface area contributed by atoms with Crippen LogP contribution in [-0.4, -0.2) is 24.5 Å². The molecule has 0 aliphatic carbocycles. The van der Waals surface area contributed by atoms with Gasteiger partial charge in [0.05, 0.1) is 5.39 Å². The van der Waals surface area contributed by atoms with Crippen molar-refractivity contribution >= 4 is 45.3 Å². The molecule has 0 atom stereocenters. The van der Waals surface area contributed by atoms with Crippen molar-refractivity contribution in [3.8, 4) is 0 Å². The smallest absolute Gasteiger partial charge is 0.291 e. The monoisotopic (exact) mass is 333 g/mol. The van der Waals surface area contributed by atoms with Crippen molar-refractivity contribution in [1.29, 1.82) is 0 Å². The summed E-state index contributed by atoms with van der Waals surface area (Å²) in [4.78, 5) is 15.7. The van der Waals surface area contributed by atoms with Crippen molar-refractivity contribution in [3.05, 3.63) is 47.0 Å². The number of aromatic nitrogens is 6. The SMILES string of the molecule is Cc1cn(C[n+]2cnc3[nH]ccc3c2Cl)c2ncnc(Cl)c12. The number of hydrogen-bond donors (Lipinski definition) is 1. The number of aromatic amines is 1. The van der Waals surface area contributed by atoms with Gasteiger partial charge in [-0.3, -0.25) is 4.57 Å². The Labute approximate surface area is 135 Å². The van der Waals surface area contributed by atoms with E-state index in [2.05, 4.69) is 19.9 Å². The van der Waals surface area contributed by atoms with Gasteiger partial charge in [-0.05, 0) is 35.1 Å². The molecule has 0 aliphatic rings. The fraction of sp³-hybridized carbons (Fsp3) is 0.143. The molecule has 4 rings (SSSR count). The Kier molecular flexibility index (Phi) is 3.02. The Hall–Kier alpha value is -2.18. The predicted molar refractivity (Wildman–Crippen MR) is 84.0 cm³/mol. The Bertz CT molecular complexity index is 1000. The van der Waals surface area contributed by atoms with Crippen LogP contribution in [0.1, 0.15) is 5.56 Å². The largest absolute Gasteiger partial charge is 0.325 e. The van der Waals surface area contributed by atoms with Gasteiger partial charge in [-0.15, -0.1) is 0 Å². The highest BCUT2D eigenvalue weighted by atomic mass is 35.5. The van der Waals surface area contributed by atoms with E-state index in [1.165, 1.54) is 6.33 Å². The first-order chi connectivity index (χ1) is 10.6. The number of nitrogens with zero attached hydrogens (tertiary/aromatic N) is 5. The molecule has 0 saturated heterocycles. The molecule has 110 valence electrons. The van der Waals surface area contributed by atoms with Crippen LogP contribution in [0.15, 0.2) is 31.1 Å². The standard InChI is InChI=1S/C14H10Cl2N6/c1-8-4-21(14-10(8)11(15)18-5-19-14)7-22-6-20-13-9(12(22)16)2-3-17-13/h2-6H,7H2,1H3/p+1. The van der Waals surface area contributed by atoms with Gasteiger partial charge in [-0.1, -0.05) is 11.6 Å². The van der Waals surface area contributed by atoms with E-state index in [0.717, 1.165) is 27.6 Å². The lowest BCUT2D eigenvalue weighted by molar-refractivity contribution is -0.700. The summed E-state index contributed by atoms with van der Waals surface area (Å²) in [6.07, 6.45) is 6.96. The Balaban J connectivity index is 1.86. The molecule has 22 heavy (non-hydrogen) atoms. The lowest BCUT2D eigenvalue weighted by Crippen LogP contribution is -2.39. The van der Waals surface area contributed by atoms with Gasteiger partial charge in [-0.25, -0.2) is 14.5 Å². The highest BCUT2D eigenvalue weighted by Gasteiger charge is 2.17. The molecule has 0 fully saturated rings. The molecule has 0 aromatic carbocycles. The Morgan fingerprint density at radius 1 is 1.27 bits per heavy atom. The second kappa shape index (κ2) is 4.93. The van der Waals surface area contributed by atoms with Crippen LogP contribution in [0.4, 0.5) is 0 Å². The van der Waals surface area contributed by atoms with Crippen LogP contribution in [0.3, 0.4) is 0 Å². The molecule has 0 bridgehead atoms. The number of aryl methyl sites for hydroxylation is 1. The third-order valence-corrected chi connectivity index (χ3v) is 4.33. The van der Waals surface area contributed by atoms with Crippen LogP contribution < -0.4 is 4.57 Å². The van der Waals surface area contributed by atoms with Crippen molar-refractivity contribution in [1.82, 2.24) is 24.5 Å². The van der Waals surface area contributed by atoms with Crippen LogP contribution in [-0.2, 0) is 6.67 Å². The second-order valence-electron chi connectivity index (χ2n) is 5.03. The number of nitrogens with one attached hydrogen (secondary N) is 1. The highest BCUT2D eigenvalue weighted by Crippen LogP contribution is 2.24.